The number of benzene rings is 2. The zero-order valence-corrected chi connectivity index (χ0v) is 15.4. The summed E-state index contributed by atoms with van der Waals surface area (Å²) in [5.74, 6) is -0.587. The third kappa shape index (κ3) is 2.40. The number of methoxy groups -OCH3 is 1. The van der Waals surface area contributed by atoms with Gasteiger partial charge in [0.05, 0.1) is 24.8 Å². The third-order valence-corrected chi connectivity index (χ3v) is 5.95. The number of hydrazine groups is 1. The Labute approximate surface area is 162 Å². The van der Waals surface area contributed by atoms with Crippen molar-refractivity contribution in [2.24, 2.45) is 5.92 Å². The van der Waals surface area contributed by atoms with Crippen LogP contribution in [0.2, 0.25) is 0 Å². The van der Waals surface area contributed by atoms with Crippen LogP contribution in [0, 0.1) is 11.7 Å². The van der Waals surface area contributed by atoms with Gasteiger partial charge in [0.1, 0.15) is 17.6 Å². The molecule has 0 N–H and O–H groups in total. The highest BCUT2D eigenvalue weighted by Crippen LogP contribution is 2.49. The maximum atomic E-state index is 13.4. The summed E-state index contributed by atoms with van der Waals surface area (Å²) < 4.78 is 18.6. The minimum absolute atomic E-state index is 0.194. The van der Waals surface area contributed by atoms with Gasteiger partial charge in [0, 0.05) is 13.1 Å². The zero-order valence-electron chi connectivity index (χ0n) is 15.4. The molecular weight excluding hydrogens is 361 g/mol. The quantitative estimate of drug-likeness (QED) is 0.764. The van der Waals surface area contributed by atoms with Gasteiger partial charge in [-0.3, -0.25) is 9.59 Å². The van der Waals surface area contributed by atoms with Gasteiger partial charge in [-0.05, 0) is 48.4 Å². The first-order valence-electron chi connectivity index (χ1n) is 9.40. The third-order valence-electron chi connectivity index (χ3n) is 5.95. The lowest BCUT2D eigenvalue weighted by molar-refractivity contribution is -0.126. The lowest BCUT2D eigenvalue weighted by Crippen LogP contribution is -2.44. The molecule has 3 fully saturated rings. The van der Waals surface area contributed by atoms with Gasteiger partial charge in [-0.25, -0.2) is 19.3 Å². The molecule has 5 rings (SSSR count). The Hall–Kier alpha value is -2.77. The number of rotatable bonds is 3. The van der Waals surface area contributed by atoms with E-state index in [0.717, 1.165) is 30.8 Å². The molecule has 3 heterocycles. The van der Waals surface area contributed by atoms with Gasteiger partial charge in [0.25, 0.3) is 5.91 Å². The van der Waals surface area contributed by atoms with Crippen LogP contribution in [-0.4, -0.2) is 48.1 Å². The van der Waals surface area contributed by atoms with Gasteiger partial charge in [-0.2, -0.15) is 0 Å². The first-order valence-corrected chi connectivity index (χ1v) is 9.40. The molecule has 144 valence electrons. The summed E-state index contributed by atoms with van der Waals surface area (Å²) in [5.41, 5.74) is 1.41. The number of ether oxygens (including phenoxy) is 1. The van der Waals surface area contributed by atoms with Gasteiger partial charge in [-0.15, -0.1) is 0 Å². The van der Waals surface area contributed by atoms with Crippen LogP contribution in [0.1, 0.15) is 18.0 Å². The van der Waals surface area contributed by atoms with Crippen molar-refractivity contribution in [1.29, 1.82) is 0 Å². The summed E-state index contributed by atoms with van der Waals surface area (Å²) in [7, 11) is 1.61. The highest BCUT2D eigenvalue weighted by molar-refractivity contribution is 6.24. The highest BCUT2D eigenvalue weighted by atomic mass is 19.1. The average Bonchev–Trinajstić information content (AvgIpc) is 3.35. The van der Waals surface area contributed by atoms with Crippen LogP contribution in [0.25, 0.3) is 0 Å². The maximum absolute atomic E-state index is 13.4. The van der Waals surface area contributed by atoms with E-state index in [2.05, 4.69) is 5.01 Å². The number of anilines is 1. The number of nitrogens with zero attached hydrogens (tertiary/aromatic N) is 3. The topological polar surface area (TPSA) is 53.1 Å². The number of carbonyl (C=O) groups excluding carboxylic acids is 2. The van der Waals surface area contributed by atoms with Crippen LogP contribution in [0.4, 0.5) is 10.1 Å². The minimum Gasteiger partial charge on any atom is -0.497 e. The van der Waals surface area contributed by atoms with E-state index >= 15 is 0 Å². The van der Waals surface area contributed by atoms with Crippen molar-refractivity contribution in [3.05, 3.63) is 59.9 Å². The molecule has 0 aliphatic carbocycles. The van der Waals surface area contributed by atoms with E-state index < -0.39 is 17.8 Å². The SMILES string of the molecule is COc1ccc([C@H]2[C@@H]3C(=O)N(c4ccc(F)cc4)C(=O)[C@@H]3N3CCCN23)cc1. The normalized spacial score (nSPS) is 27.4. The summed E-state index contributed by atoms with van der Waals surface area (Å²) in [6.45, 7) is 1.57. The van der Waals surface area contributed by atoms with E-state index in [4.69, 9.17) is 4.74 Å². The van der Waals surface area contributed by atoms with E-state index in [1.807, 2.05) is 29.3 Å². The number of amides is 2. The Balaban J connectivity index is 1.55. The van der Waals surface area contributed by atoms with Crippen LogP contribution in [0.5, 0.6) is 5.75 Å². The second-order valence-electron chi connectivity index (χ2n) is 7.36. The van der Waals surface area contributed by atoms with Crippen LogP contribution in [-0.2, 0) is 9.59 Å². The van der Waals surface area contributed by atoms with Crippen LogP contribution in [0.3, 0.4) is 0 Å². The fourth-order valence-corrected chi connectivity index (χ4v) is 4.76. The zero-order chi connectivity index (χ0) is 19.4. The predicted octanol–water partition coefficient (Wildman–Crippen LogP) is 2.37. The molecule has 0 unspecified atom stereocenters. The first-order chi connectivity index (χ1) is 13.6. The lowest BCUT2D eigenvalue weighted by atomic mass is 9.90. The average molecular weight is 381 g/mol. The molecule has 3 aliphatic rings. The van der Waals surface area contributed by atoms with Crippen molar-refractivity contribution < 1.29 is 18.7 Å². The molecule has 3 atom stereocenters. The Morgan fingerprint density at radius 3 is 2.18 bits per heavy atom. The van der Waals surface area contributed by atoms with E-state index in [1.54, 1.807) is 7.11 Å². The first kappa shape index (κ1) is 17.3. The monoisotopic (exact) mass is 381 g/mol. The summed E-state index contributed by atoms with van der Waals surface area (Å²) in [6.07, 6.45) is 0.952. The maximum Gasteiger partial charge on any atom is 0.253 e. The molecule has 0 spiro atoms. The Bertz CT molecular complexity index is 931. The number of hydrogen-bond acceptors (Lipinski definition) is 5. The van der Waals surface area contributed by atoms with Gasteiger partial charge in [-0.1, -0.05) is 12.1 Å². The van der Waals surface area contributed by atoms with Gasteiger partial charge in [0.2, 0.25) is 5.91 Å². The largest absolute Gasteiger partial charge is 0.497 e. The molecule has 28 heavy (non-hydrogen) atoms. The molecule has 6 nitrogen and oxygen atoms in total. The van der Waals surface area contributed by atoms with Crippen molar-refractivity contribution in [3.8, 4) is 5.75 Å². The molecule has 2 aromatic carbocycles. The number of fused-ring (bicyclic) bond motifs is 3. The minimum atomic E-state index is -0.507. The van der Waals surface area contributed by atoms with Gasteiger partial charge >= 0.3 is 0 Å². The van der Waals surface area contributed by atoms with Crippen LogP contribution in [0.15, 0.2) is 48.5 Å². The predicted molar refractivity (Wildman–Crippen MR) is 99.9 cm³/mol. The summed E-state index contributed by atoms with van der Waals surface area (Å²) >= 11 is 0. The molecule has 0 bridgehead atoms. The molecule has 0 radical (unpaired) electrons. The fourth-order valence-electron chi connectivity index (χ4n) is 4.76. The molecule has 2 aromatic rings. The fraction of sp³-hybridized carbons (Fsp3) is 0.333. The van der Waals surface area contributed by atoms with E-state index in [9.17, 15) is 14.0 Å². The van der Waals surface area contributed by atoms with Crippen molar-refractivity contribution in [1.82, 2.24) is 10.0 Å². The summed E-state index contributed by atoms with van der Waals surface area (Å²) in [4.78, 5) is 27.8. The van der Waals surface area contributed by atoms with Crippen molar-refractivity contribution in [3.63, 3.8) is 0 Å². The molecule has 3 aliphatic heterocycles. The van der Waals surface area contributed by atoms with Gasteiger partial charge < -0.3 is 4.74 Å². The Kier molecular flexibility index (Phi) is 3.96. The smallest absolute Gasteiger partial charge is 0.253 e. The van der Waals surface area contributed by atoms with E-state index in [-0.39, 0.29) is 17.9 Å². The lowest BCUT2D eigenvalue weighted by Gasteiger charge is -2.29. The number of hydrogen-bond donors (Lipinski definition) is 0. The van der Waals surface area contributed by atoms with Gasteiger partial charge in [0.15, 0.2) is 0 Å². The molecule has 7 heteroatoms. The standard InChI is InChI=1S/C21H20FN3O3/c1-28-16-9-3-13(4-10-16)18-17-19(24-12-2-11-23(18)24)21(27)25(20(17)26)15-7-5-14(22)6-8-15/h3-10,17-19H,2,11-12H2,1H3/t17-,18-,19+/m0/s1. The Morgan fingerprint density at radius 2 is 1.54 bits per heavy atom. The van der Waals surface area contributed by atoms with E-state index in [0.29, 0.717) is 5.69 Å². The second-order valence-corrected chi connectivity index (χ2v) is 7.36. The van der Waals surface area contributed by atoms with Crippen LogP contribution < -0.4 is 9.64 Å². The molecule has 0 aromatic heterocycles. The van der Waals surface area contributed by atoms with Crippen LogP contribution >= 0.6 is 0 Å². The second kappa shape index (κ2) is 6.39. The van der Waals surface area contributed by atoms with Crippen molar-refractivity contribution in [2.45, 2.75) is 18.5 Å². The Morgan fingerprint density at radius 1 is 0.893 bits per heavy atom. The number of imide groups is 1. The summed E-state index contributed by atoms with van der Waals surface area (Å²) in [5, 5.41) is 4.21. The molecule has 3 saturated heterocycles. The van der Waals surface area contributed by atoms with Crippen molar-refractivity contribution in [2.75, 3.05) is 25.1 Å². The molecule has 2 amide bonds. The summed E-state index contributed by atoms with van der Waals surface area (Å²) in [6, 6.07) is 12.5. The van der Waals surface area contributed by atoms with E-state index in [1.165, 1.54) is 29.2 Å². The highest BCUT2D eigenvalue weighted by Gasteiger charge is 2.62. The van der Waals surface area contributed by atoms with Crippen molar-refractivity contribution >= 4 is 17.5 Å². The molecule has 0 saturated carbocycles. The molecular formula is C21H20FN3O3. The number of halogens is 1. The number of carbonyl (C=O) groups is 2.